The molecule has 0 N–H and O–H groups in total. The molecule has 0 atom stereocenters. The van der Waals surface area contributed by atoms with Crippen molar-refractivity contribution in [2.45, 2.75) is 36.5 Å². The SMILES string of the molecule is COc1ccc(-c2cc3c4c(cc(N=O)c3cc2OC)C2(CCC(c3ccccc3)(c3ccccc3)CC2)c2ccccc2-4)cc1. The van der Waals surface area contributed by atoms with Gasteiger partial charge >= 0.3 is 0 Å². The van der Waals surface area contributed by atoms with Crippen LogP contribution < -0.4 is 9.47 Å². The highest BCUT2D eigenvalue weighted by Gasteiger charge is 2.51. The number of nitrogens with zero attached hydrogens (tertiary/aromatic N) is 1. The van der Waals surface area contributed by atoms with Crippen LogP contribution in [-0.2, 0) is 10.8 Å². The van der Waals surface area contributed by atoms with Gasteiger partial charge in [-0.15, -0.1) is 4.91 Å². The number of methoxy groups -OCH3 is 2. The van der Waals surface area contributed by atoms with Gasteiger partial charge in [0.2, 0.25) is 0 Å². The molecule has 0 aromatic heterocycles. The zero-order valence-corrected chi connectivity index (χ0v) is 26.1. The van der Waals surface area contributed by atoms with Crippen LogP contribution in [0.25, 0.3) is 33.0 Å². The summed E-state index contributed by atoms with van der Waals surface area (Å²) in [6, 6.07) is 45.1. The van der Waals surface area contributed by atoms with Crippen LogP contribution in [0.4, 0.5) is 5.69 Å². The summed E-state index contributed by atoms with van der Waals surface area (Å²) in [6.45, 7) is 0. The van der Waals surface area contributed by atoms with E-state index in [1.54, 1.807) is 14.2 Å². The van der Waals surface area contributed by atoms with E-state index in [0.717, 1.165) is 53.3 Å². The molecule has 0 aliphatic heterocycles. The molecule has 0 saturated heterocycles. The quantitative estimate of drug-likeness (QED) is 0.178. The Bertz CT molecular complexity index is 2040. The van der Waals surface area contributed by atoms with Crippen molar-refractivity contribution in [3.8, 4) is 33.8 Å². The van der Waals surface area contributed by atoms with Crippen LogP contribution >= 0.6 is 0 Å². The molecule has 1 saturated carbocycles. The fourth-order valence-corrected chi connectivity index (χ4v) is 8.50. The van der Waals surface area contributed by atoms with Gasteiger partial charge in [-0.1, -0.05) is 97.1 Å². The van der Waals surface area contributed by atoms with Crippen molar-refractivity contribution in [1.82, 2.24) is 0 Å². The highest BCUT2D eigenvalue weighted by molar-refractivity contribution is 6.09. The first-order valence-corrected chi connectivity index (χ1v) is 16.0. The Morgan fingerprint density at radius 1 is 0.565 bits per heavy atom. The van der Waals surface area contributed by atoms with Gasteiger partial charge in [-0.2, -0.15) is 0 Å². The third kappa shape index (κ3) is 4.13. The summed E-state index contributed by atoms with van der Waals surface area (Å²) in [7, 11) is 3.35. The maximum Gasteiger partial charge on any atom is 0.127 e. The van der Waals surface area contributed by atoms with Gasteiger partial charge < -0.3 is 9.47 Å². The molecular weight excluding hydrogens is 566 g/mol. The Labute approximate surface area is 269 Å². The predicted octanol–water partition coefficient (Wildman–Crippen LogP) is 10.7. The van der Waals surface area contributed by atoms with Crippen LogP contribution in [0.15, 0.2) is 133 Å². The van der Waals surface area contributed by atoms with Gasteiger partial charge in [-0.3, -0.25) is 0 Å². The molecule has 6 aromatic carbocycles. The van der Waals surface area contributed by atoms with Gasteiger partial charge in [0.25, 0.3) is 0 Å². The summed E-state index contributed by atoms with van der Waals surface area (Å²) < 4.78 is 11.3. The number of ether oxygens (including phenoxy) is 2. The smallest absolute Gasteiger partial charge is 0.127 e. The average Bonchev–Trinajstić information content (AvgIpc) is 3.40. The van der Waals surface area contributed by atoms with Gasteiger partial charge in [-0.05, 0) is 106 Å². The lowest BCUT2D eigenvalue weighted by atomic mass is 9.56. The maximum absolute atomic E-state index is 12.6. The average molecular weight is 602 g/mol. The highest BCUT2D eigenvalue weighted by atomic mass is 16.5. The monoisotopic (exact) mass is 601 g/mol. The molecule has 226 valence electrons. The molecule has 1 spiro atoms. The summed E-state index contributed by atoms with van der Waals surface area (Å²) in [5.41, 5.74) is 9.92. The van der Waals surface area contributed by atoms with Gasteiger partial charge in [0, 0.05) is 21.8 Å². The fourth-order valence-electron chi connectivity index (χ4n) is 8.50. The second-order valence-electron chi connectivity index (χ2n) is 12.7. The molecular formula is C42H35NO3. The summed E-state index contributed by atoms with van der Waals surface area (Å²) in [5.74, 6) is 1.50. The molecule has 46 heavy (non-hydrogen) atoms. The summed E-state index contributed by atoms with van der Waals surface area (Å²) in [5, 5.41) is 5.47. The largest absolute Gasteiger partial charge is 0.497 e. The fraction of sp³-hybridized carbons (Fsp3) is 0.190. The summed E-state index contributed by atoms with van der Waals surface area (Å²) in [4.78, 5) is 12.6. The number of nitroso groups, excluding NO2 is 1. The molecule has 0 heterocycles. The second-order valence-corrected chi connectivity index (χ2v) is 12.7. The van der Waals surface area contributed by atoms with Crippen molar-refractivity contribution in [2.24, 2.45) is 5.18 Å². The van der Waals surface area contributed by atoms with E-state index in [4.69, 9.17) is 9.47 Å². The minimum absolute atomic E-state index is 0.0804. The maximum atomic E-state index is 12.6. The number of benzene rings is 6. The first-order valence-electron chi connectivity index (χ1n) is 16.0. The zero-order valence-electron chi connectivity index (χ0n) is 26.1. The number of hydrogen-bond donors (Lipinski definition) is 0. The van der Waals surface area contributed by atoms with E-state index in [0.29, 0.717) is 11.4 Å². The Hall–Kier alpha value is -5.22. The lowest BCUT2D eigenvalue weighted by Crippen LogP contribution is -2.40. The molecule has 0 bridgehead atoms. The highest BCUT2D eigenvalue weighted by Crippen LogP contribution is 2.62. The van der Waals surface area contributed by atoms with Crippen molar-refractivity contribution in [2.75, 3.05) is 14.2 Å². The van der Waals surface area contributed by atoms with E-state index < -0.39 is 0 Å². The minimum atomic E-state index is -0.215. The van der Waals surface area contributed by atoms with E-state index in [2.05, 4.69) is 102 Å². The Balaban J connectivity index is 1.34. The molecule has 6 aromatic rings. The molecule has 1 fully saturated rings. The van der Waals surface area contributed by atoms with Gasteiger partial charge in [0.1, 0.15) is 17.2 Å². The van der Waals surface area contributed by atoms with Crippen LogP contribution in [0.1, 0.15) is 47.9 Å². The molecule has 0 radical (unpaired) electrons. The normalized spacial score (nSPS) is 15.7. The zero-order chi connectivity index (χ0) is 31.3. The molecule has 4 nitrogen and oxygen atoms in total. The standard InChI is InChI=1S/C42H35NO3/c1-45-31-19-17-28(18-20-31)33-25-35-34(26-39(33)46-2)38(43-44)27-37-40(35)32-15-9-10-16-36(32)42(37)23-21-41(22-24-42,29-11-5-3-6-12-29)30-13-7-4-8-14-30/h3-20,25-27H,21-24H2,1-2H3. The van der Waals surface area contributed by atoms with Gasteiger partial charge in [-0.25, -0.2) is 0 Å². The Kier molecular flexibility index (Phi) is 6.75. The van der Waals surface area contributed by atoms with Crippen molar-refractivity contribution in [3.63, 3.8) is 0 Å². The van der Waals surface area contributed by atoms with E-state index in [1.807, 2.05) is 30.3 Å². The van der Waals surface area contributed by atoms with Gasteiger partial charge in [0.15, 0.2) is 0 Å². The number of rotatable bonds is 6. The van der Waals surface area contributed by atoms with Gasteiger partial charge in [0.05, 0.1) is 14.2 Å². The molecule has 8 rings (SSSR count). The van der Waals surface area contributed by atoms with Crippen molar-refractivity contribution in [1.29, 1.82) is 0 Å². The van der Waals surface area contributed by atoms with Crippen LogP contribution in [0.5, 0.6) is 11.5 Å². The van der Waals surface area contributed by atoms with Crippen molar-refractivity contribution in [3.05, 3.63) is 155 Å². The molecule has 0 amide bonds. The topological polar surface area (TPSA) is 47.9 Å². The molecule has 0 unspecified atom stereocenters. The van der Waals surface area contributed by atoms with E-state index >= 15 is 0 Å². The third-order valence-corrected chi connectivity index (χ3v) is 10.8. The second kappa shape index (κ2) is 11.0. The van der Waals surface area contributed by atoms with Crippen molar-refractivity contribution >= 4 is 16.5 Å². The van der Waals surface area contributed by atoms with E-state index in [1.165, 1.54) is 33.4 Å². The van der Waals surface area contributed by atoms with Crippen LogP contribution in [0, 0.1) is 4.91 Å². The predicted molar refractivity (Wildman–Crippen MR) is 186 cm³/mol. The van der Waals surface area contributed by atoms with Crippen LogP contribution in [0.3, 0.4) is 0 Å². The van der Waals surface area contributed by atoms with E-state index in [-0.39, 0.29) is 10.8 Å². The summed E-state index contributed by atoms with van der Waals surface area (Å²) >= 11 is 0. The minimum Gasteiger partial charge on any atom is -0.497 e. The van der Waals surface area contributed by atoms with Crippen LogP contribution in [0.2, 0.25) is 0 Å². The molecule has 2 aliphatic rings. The third-order valence-electron chi connectivity index (χ3n) is 10.8. The Morgan fingerprint density at radius 2 is 1.17 bits per heavy atom. The number of fused-ring (bicyclic) bond motifs is 7. The Morgan fingerprint density at radius 3 is 1.78 bits per heavy atom. The first-order chi connectivity index (χ1) is 22.6. The van der Waals surface area contributed by atoms with E-state index in [9.17, 15) is 4.91 Å². The van der Waals surface area contributed by atoms with Crippen molar-refractivity contribution < 1.29 is 9.47 Å². The number of hydrogen-bond acceptors (Lipinski definition) is 4. The van der Waals surface area contributed by atoms with Crippen LogP contribution in [-0.4, -0.2) is 14.2 Å². The lowest BCUT2D eigenvalue weighted by Gasteiger charge is -2.47. The molecule has 4 heteroatoms. The first kappa shape index (κ1) is 28.3. The summed E-state index contributed by atoms with van der Waals surface area (Å²) in [6.07, 6.45) is 3.92. The molecule has 2 aliphatic carbocycles. The lowest BCUT2D eigenvalue weighted by molar-refractivity contribution is 0.261.